The molecule has 0 aromatic heterocycles. The minimum atomic E-state index is -5.14. The van der Waals surface area contributed by atoms with Gasteiger partial charge in [0.25, 0.3) is 11.8 Å². The van der Waals surface area contributed by atoms with Gasteiger partial charge in [-0.25, -0.2) is 4.99 Å². The van der Waals surface area contributed by atoms with Crippen LogP contribution in [-0.4, -0.2) is 34.4 Å². The quantitative estimate of drug-likeness (QED) is 0.794. The minimum absolute atomic E-state index is 0.0757. The lowest BCUT2D eigenvalue weighted by molar-refractivity contribution is -0.196. The molecule has 2 atom stereocenters. The molecule has 0 bridgehead atoms. The van der Waals surface area contributed by atoms with E-state index in [0.717, 1.165) is 4.90 Å². The van der Waals surface area contributed by atoms with E-state index in [2.05, 4.69) is 4.99 Å². The minimum Gasteiger partial charge on any atom is -0.312 e. The van der Waals surface area contributed by atoms with Gasteiger partial charge in [-0.1, -0.05) is 41.9 Å². The lowest BCUT2D eigenvalue weighted by atomic mass is 10.0. The van der Waals surface area contributed by atoms with E-state index in [9.17, 15) is 22.8 Å². The van der Waals surface area contributed by atoms with E-state index in [1.807, 2.05) is 0 Å². The first-order valence-corrected chi connectivity index (χ1v) is 9.04. The van der Waals surface area contributed by atoms with Gasteiger partial charge in [0, 0.05) is 10.6 Å². The van der Waals surface area contributed by atoms with E-state index < -0.39 is 29.7 Å². The van der Waals surface area contributed by atoms with Gasteiger partial charge in [0.05, 0.1) is 6.04 Å². The van der Waals surface area contributed by atoms with Crippen LogP contribution in [0.3, 0.4) is 0 Å². The van der Waals surface area contributed by atoms with E-state index in [1.165, 1.54) is 31.2 Å². The Morgan fingerprint density at radius 1 is 1.14 bits per heavy atom. The topological polar surface area (TPSA) is 61.8 Å². The van der Waals surface area contributed by atoms with Crippen molar-refractivity contribution < 1.29 is 22.8 Å². The number of amidine groups is 1. The number of rotatable bonds is 4. The van der Waals surface area contributed by atoms with E-state index in [0.29, 0.717) is 10.6 Å². The fourth-order valence-corrected chi connectivity index (χ4v) is 3.30. The molecule has 1 aliphatic rings. The molecule has 2 amide bonds. The molecular formula is C20H17ClF3N3O2. The van der Waals surface area contributed by atoms with Gasteiger partial charge in [-0.3, -0.25) is 14.5 Å². The molecule has 152 valence electrons. The van der Waals surface area contributed by atoms with Crippen LogP contribution in [0.4, 0.5) is 13.2 Å². The number of hydrogen-bond acceptors (Lipinski definition) is 3. The molecule has 0 saturated heterocycles. The summed E-state index contributed by atoms with van der Waals surface area (Å²) in [5.41, 5.74) is -2.83. The molecule has 2 aromatic carbocycles. The number of aliphatic imine (C=N–C) groups is 1. The van der Waals surface area contributed by atoms with Crippen LogP contribution in [0.1, 0.15) is 35.8 Å². The van der Waals surface area contributed by atoms with Crippen molar-refractivity contribution in [2.45, 2.75) is 31.7 Å². The maximum Gasteiger partial charge on any atom is 0.442 e. The normalized spacial score (nSPS) is 20.4. The molecule has 9 heteroatoms. The SMILES string of the molecule is CC1=NC(NC(=O)c2ccc(Cl)cc2)(C(F)(F)F)C(=O)N1C(C)c1ccccc1. The summed E-state index contributed by atoms with van der Waals surface area (Å²) in [6.45, 7) is 2.90. The Balaban J connectivity index is 1.97. The van der Waals surface area contributed by atoms with E-state index in [1.54, 1.807) is 42.6 Å². The molecule has 5 nitrogen and oxygen atoms in total. The van der Waals surface area contributed by atoms with Gasteiger partial charge in [0.2, 0.25) is 0 Å². The fourth-order valence-electron chi connectivity index (χ4n) is 3.18. The van der Waals surface area contributed by atoms with Gasteiger partial charge in [-0.2, -0.15) is 13.2 Å². The van der Waals surface area contributed by atoms with Crippen molar-refractivity contribution in [1.29, 1.82) is 0 Å². The highest BCUT2D eigenvalue weighted by Gasteiger charge is 2.67. The second-order valence-corrected chi connectivity index (χ2v) is 7.03. The zero-order valence-corrected chi connectivity index (χ0v) is 16.3. The average Bonchev–Trinajstić information content (AvgIpc) is 2.93. The van der Waals surface area contributed by atoms with Gasteiger partial charge < -0.3 is 5.32 Å². The Bertz CT molecular complexity index is 961. The largest absolute Gasteiger partial charge is 0.442 e. The average molecular weight is 424 g/mol. The number of amides is 2. The maximum atomic E-state index is 14.0. The number of nitrogens with one attached hydrogen (secondary N) is 1. The molecule has 29 heavy (non-hydrogen) atoms. The Hall–Kier alpha value is -2.87. The van der Waals surface area contributed by atoms with Gasteiger partial charge in [0.1, 0.15) is 5.84 Å². The first-order valence-electron chi connectivity index (χ1n) is 8.66. The summed E-state index contributed by atoms with van der Waals surface area (Å²) in [4.78, 5) is 30.0. The van der Waals surface area contributed by atoms with Gasteiger partial charge in [-0.15, -0.1) is 0 Å². The zero-order chi connectivity index (χ0) is 21.4. The van der Waals surface area contributed by atoms with Crippen LogP contribution in [0.5, 0.6) is 0 Å². The summed E-state index contributed by atoms with van der Waals surface area (Å²) >= 11 is 5.75. The summed E-state index contributed by atoms with van der Waals surface area (Å²) in [6, 6.07) is 13.2. The Morgan fingerprint density at radius 3 is 2.28 bits per heavy atom. The Morgan fingerprint density at radius 2 is 1.72 bits per heavy atom. The summed E-state index contributed by atoms with van der Waals surface area (Å²) < 4.78 is 42.1. The van der Waals surface area contributed by atoms with Gasteiger partial charge in [0.15, 0.2) is 0 Å². The standard InChI is InChI=1S/C20H17ClF3N3O2/c1-12(14-6-4-3-5-7-14)27-13(2)25-19(18(27)29,20(22,23)24)26-17(28)15-8-10-16(21)11-9-15/h3-12H,1-2H3,(H,26,28). The van der Waals surface area contributed by atoms with Gasteiger partial charge in [-0.05, 0) is 43.7 Å². The van der Waals surface area contributed by atoms with Gasteiger partial charge >= 0.3 is 11.8 Å². The highest BCUT2D eigenvalue weighted by Crippen LogP contribution is 2.40. The molecule has 0 fully saturated rings. The zero-order valence-electron chi connectivity index (χ0n) is 15.5. The molecule has 1 aliphatic heterocycles. The molecule has 1 N–H and O–H groups in total. The second kappa shape index (κ2) is 7.51. The molecule has 1 heterocycles. The van der Waals surface area contributed by atoms with Crippen LogP contribution in [0.25, 0.3) is 0 Å². The molecule has 0 saturated carbocycles. The number of nitrogens with zero attached hydrogens (tertiary/aromatic N) is 2. The van der Waals surface area contributed by atoms with Crippen LogP contribution in [0.2, 0.25) is 5.02 Å². The van der Waals surface area contributed by atoms with E-state index in [-0.39, 0.29) is 11.4 Å². The van der Waals surface area contributed by atoms with Crippen molar-refractivity contribution in [2.24, 2.45) is 4.99 Å². The fraction of sp³-hybridized carbons (Fsp3) is 0.250. The maximum absolute atomic E-state index is 14.0. The summed E-state index contributed by atoms with van der Waals surface area (Å²) in [7, 11) is 0. The lowest BCUT2D eigenvalue weighted by Crippen LogP contribution is -2.63. The molecular weight excluding hydrogens is 407 g/mol. The van der Waals surface area contributed by atoms with Crippen molar-refractivity contribution >= 4 is 29.3 Å². The predicted molar refractivity (Wildman–Crippen MR) is 103 cm³/mol. The highest BCUT2D eigenvalue weighted by atomic mass is 35.5. The number of carbonyl (C=O) groups excluding carboxylic acids is 2. The molecule has 0 radical (unpaired) electrons. The van der Waals surface area contributed by atoms with Crippen LogP contribution < -0.4 is 5.32 Å². The third-order valence-corrected chi connectivity index (χ3v) is 4.94. The molecule has 2 aromatic rings. The monoisotopic (exact) mass is 423 g/mol. The molecule has 2 unspecified atom stereocenters. The summed E-state index contributed by atoms with van der Waals surface area (Å²) in [6.07, 6.45) is -5.14. The molecule has 0 spiro atoms. The lowest BCUT2D eigenvalue weighted by Gasteiger charge is -2.31. The third kappa shape index (κ3) is 3.72. The first kappa shape index (κ1) is 20.9. The van der Waals surface area contributed by atoms with Crippen molar-refractivity contribution in [3.8, 4) is 0 Å². The number of hydrogen-bond donors (Lipinski definition) is 1. The number of halogens is 4. The number of benzene rings is 2. The smallest absolute Gasteiger partial charge is 0.312 e. The molecule has 0 aliphatic carbocycles. The Labute approximate surface area is 170 Å². The van der Waals surface area contributed by atoms with Crippen LogP contribution in [0, 0.1) is 0 Å². The van der Waals surface area contributed by atoms with Crippen LogP contribution >= 0.6 is 11.6 Å². The summed E-state index contributed by atoms with van der Waals surface area (Å²) in [5, 5.41) is 2.12. The van der Waals surface area contributed by atoms with E-state index >= 15 is 0 Å². The van der Waals surface area contributed by atoms with Crippen molar-refractivity contribution in [3.05, 3.63) is 70.7 Å². The number of alkyl halides is 3. The Kier molecular flexibility index (Phi) is 5.40. The second-order valence-electron chi connectivity index (χ2n) is 6.59. The number of carbonyl (C=O) groups is 2. The van der Waals surface area contributed by atoms with Crippen molar-refractivity contribution in [3.63, 3.8) is 0 Å². The van der Waals surface area contributed by atoms with Crippen LogP contribution in [0.15, 0.2) is 59.6 Å². The highest BCUT2D eigenvalue weighted by molar-refractivity contribution is 6.30. The summed E-state index contributed by atoms with van der Waals surface area (Å²) in [5.74, 6) is -2.58. The van der Waals surface area contributed by atoms with E-state index in [4.69, 9.17) is 11.6 Å². The van der Waals surface area contributed by atoms with Crippen molar-refractivity contribution in [2.75, 3.05) is 0 Å². The van der Waals surface area contributed by atoms with Crippen molar-refractivity contribution in [1.82, 2.24) is 10.2 Å². The third-order valence-electron chi connectivity index (χ3n) is 4.69. The molecule has 3 rings (SSSR count). The first-order chi connectivity index (χ1) is 13.6. The predicted octanol–water partition coefficient (Wildman–Crippen LogP) is 4.35. The van der Waals surface area contributed by atoms with Crippen LogP contribution in [-0.2, 0) is 4.79 Å².